The van der Waals surface area contributed by atoms with Crippen molar-refractivity contribution in [2.75, 3.05) is 26.2 Å². The molecule has 0 spiro atoms. The number of fused-ring (bicyclic) bond motifs is 3. The molecule has 0 radical (unpaired) electrons. The molecule has 2 amide bonds. The topological polar surface area (TPSA) is 57.6 Å². The van der Waals surface area contributed by atoms with Gasteiger partial charge in [0.05, 0.1) is 6.54 Å². The van der Waals surface area contributed by atoms with E-state index in [1.54, 1.807) is 0 Å². The molecule has 0 unspecified atom stereocenters. The molecule has 2 aromatic rings. The minimum atomic E-state index is -0.903. The average Bonchev–Trinajstić information content (AvgIpc) is 3.00. The molecule has 3 heterocycles. The Labute approximate surface area is 210 Å². The summed E-state index contributed by atoms with van der Waals surface area (Å²) in [5.41, 5.74) is 0.839. The van der Waals surface area contributed by atoms with Crippen LogP contribution in [-0.2, 0) is 11.3 Å². The van der Waals surface area contributed by atoms with Gasteiger partial charge in [0.25, 0.3) is 5.91 Å². The van der Waals surface area contributed by atoms with Gasteiger partial charge in [0.15, 0.2) is 0 Å². The number of carbonyl (C=O) groups is 2. The summed E-state index contributed by atoms with van der Waals surface area (Å²) in [5, 5.41) is 4.47. The minimum Gasteiger partial charge on any atom is -0.351 e. The molecule has 6 heteroatoms. The van der Waals surface area contributed by atoms with Gasteiger partial charge in [-0.15, -0.1) is 0 Å². The van der Waals surface area contributed by atoms with Crippen molar-refractivity contribution < 1.29 is 9.59 Å². The van der Waals surface area contributed by atoms with Crippen molar-refractivity contribution in [1.82, 2.24) is 19.7 Å². The maximum atomic E-state index is 14.0. The van der Waals surface area contributed by atoms with Crippen molar-refractivity contribution in [3.8, 4) is 0 Å². The number of nitrogens with one attached hydrogen (secondary N) is 1. The van der Waals surface area contributed by atoms with Crippen molar-refractivity contribution in [3.05, 3.63) is 36.0 Å². The first-order chi connectivity index (χ1) is 17.1. The fourth-order valence-electron chi connectivity index (χ4n) is 6.40. The molecule has 1 N–H and O–H groups in total. The highest BCUT2D eigenvalue weighted by Crippen LogP contribution is 2.33. The molecular weight excluding hydrogens is 436 g/mol. The number of rotatable bonds is 5. The van der Waals surface area contributed by atoms with Crippen LogP contribution in [0.5, 0.6) is 0 Å². The molecule has 35 heavy (non-hydrogen) atoms. The monoisotopic (exact) mass is 478 g/mol. The van der Waals surface area contributed by atoms with Gasteiger partial charge in [-0.1, -0.05) is 63.1 Å². The Balaban J connectivity index is 1.42. The first kappa shape index (κ1) is 24.4. The predicted octanol–water partition coefficient (Wildman–Crippen LogP) is 4.96. The lowest BCUT2D eigenvalue weighted by molar-refractivity contribution is -0.133. The molecule has 1 aromatic heterocycles. The minimum absolute atomic E-state index is 0.00993. The molecule has 2 aliphatic heterocycles. The lowest BCUT2D eigenvalue weighted by Gasteiger charge is -2.45. The van der Waals surface area contributed by atoms with E-state index in [-0.39, 0.29) is 17.9 Å². The van der Waals surface area contributed by atoms with Crippen LogP contribution in [-0.4, -0.2) is 63.9 Å². The number of hydrogen-bond acceptors (Lipinski definition) is 3. The number of amides is 2. The summed E-state index contributed by atoms with van der Waals surface area (Å²) in [4.78, 5) is 32.3. The lowest BCUT2D eigenvalue weighted by atomic mass is 9.92. The number of hydrogen-bond donors (Lipinski definition) is 1. The Bertz CT molecular complexity index is 1030. The van der Waals surface area contributed by atoms with E-state index in [1.165, 1.54) is 57.8 Å². The zero-order valence-electron chi connectivity index (χ0n) is 21.4. The highest BCUT2D eigenvalue weighted by atomic mass is 16.2. The van der Waals surface area contributed by atoms with Gasteiger partial charge >= 0.3 is 0 Å². The second-order valence-electron chi connectivity index (χ2n) is 11.2. The maximum Gasteiger partial charge on any atom is 0.271 e. The summed E-state index contributed by atoms with van der Waals surface area (Å²) < 4.78 is 2.08. The molecule has 1 saturated heterocycles. The Morgan fingerprint density at radius 2 is 1.60 bits per heavy atom. The summed E-state index contributed by atoms with van der Waals surface area (Å²) in [5.74, 6) is -0.00620. The van der Waals surface area contributed by atoms with E-state index < -0.39 is 5.54 Å². The molecule has 1 aliphatic carbocycles. The van der Waals surface area contributed by atoms with E-state index in [1.807, 2.05) is 30.0 Å². The largest absolute Gasteiger partial charge is 0.351 e. The number of aromatic nitrogens is 1. The molecule has 2 fully saturated rings. The van der Waals surface area contributed by atoms with Crippen LogP contribution < -0.4 is 5.32 Å². The Hall–Kier alpha value is -2.34. The zero-order valence-corrected chi connectivity index (χ0v) is 21.4. The molecule has 1 aromatic carbocycles. The lowest BCUT2D eigenvalue weighted by Crippen LogP contribution is -2.65. The number of carbonyl (C=O) groups excluding carboxylic acids is 2. The van der Waals surface area contributed by atoms with Crippen LogP contribution in [0.2, 0.25) is 0 Å². The van der Waals surface area contributed by atoms with E-state index in [0.29, 0.717) is 18.8 Å². The summed E-state index contributed by atoms with van der Waals surface area (Å²) in [6, 6.07) is 10.4. The van der Waals surface area contributed by atoms with Gasteiger partial charge in [0.1, 0.15) is 11.2 Å². The summed E-state index contributed by atoms with van der Waals surface area (Å²) in [6.07, 6.45) is 13.3. The van der Waals surface area contributed by atoms with Gasteiger partial charge < -0.3 is 19.7 Å². The van der Waals surface area contributed by atoms with Crippen LogP contribution in [0.15, 0.2) is 30.3 Å². The third-order valence-electron chi connectivity index (χ3n) is 8.60. The summed E-state index contributed by atoms with van der Waals surface area (Å²) in [7, 11) is 0. The zero-order chi connectivity index (χ0) is 24.3. The van der Waals surface area contributed by atoms with E-state index >= 15 is 0 Å². The van der Waals surface area contributed by atoms with Crippen LogP contribution in [0.1, 0.15) is 88.0 Å². The molecule has 1 atom stereocenters. The fourth-order valence-corrected chi connectivity index (χ4v) is 6.40. The Morgan fingerprint density at radius 1 is 0.943 bits per heavy atom. The van der Waals surface area contributed by atoms with Crippen molar-refractivity contribution in [3.63, 3.8) is 0 Å². The SMILES string of the molecule is C[C@]1(C(=O)NC2CCCCCCC2)Cn2c(cc3ccccc32)C(=O)N1CCN1CCCCCC1. The highest BCUT2D eigenvalue weighted by molar-refractivity contribution is 6.03. The van der Waals surface area contributed by atoms with Crippen molar-refractivity contribution >= 4 is 22.7 Å². The average molecular weight is 479 g/mol. The number of likely N-dealkylation sites (tertiary alicyclic amines) is 1. The molecule has 6 nitrogen and oxygen atoms in total. The van der Waals surface area contributed by atoms with Crippen LogP contribution in [0, 0.1) is 0 Å². The van der Waals surface area contributed by atoms with E-state index in [9.17, 15) is 9.59 Å². The predicted molar refractivity (Wildman–Crippen MR) is 141 cm³/mol. The van der Waals surface area contributed by atoms with Gasteiger partial charge in [-0.05, 0) is 57.8 Å². The van der Waals surface area contributed by atoms with Crippen molar-refractivity contribution in [1.29, 1.82) is 0 Å². The normalized spacial score (nSPS) is 25.1. The number of nitrogens with zero attached hydrogens (tertiary/aromatic N) is 3. The Morgan fingerprint density at radius 3 is 2.34 bits per heavy atom. The molecule has 190 valence electrons. The number of benzene rings is 1. The van der Waals surface area contributed by atoms with Gasteiger partial charge in [-0.25, -0.2) is 0 Å². The van der Waals surface area contributed by atoms with Gasteiger partial charge in [0.2, 0.25) is 5.91 Å². The van der Waals surface area contributed by atoms with Gasteiger partial charge in [-0.3, -0.25) is 9.59 Å². The van der Waals surface area contributed by atoms with E-state index in [0.717, 1.165) is 43.4 Å². The first-order valence-electron chi connectivity index (χ1n) is 14.0. The second-order valence-corrected chi connectivity index (χ2v) is 11.2. The van der Waals surface area contributed by atoms with Crippen molar-refractivity contribution in [2.24, 2.45) is 0 Å². The third-order valence-corrected chi connectivity index (χ3v) is 8.60. The fraction of sp³-hybridized carbons (Fsp3) is 0.655. The third kappa shape index (κ3) is 5.13. The highest BCUT2D eigenvalue weighted by Gasteiger charge is 2.48. The van der Waals surface area contributed by atoms with E-state index in [2.05, 4.69) is 26.9 Å². The van der Waals surface area contributed by atoms with E-state index in [4.69, 9.17) is 0 Å². The molecule has 0 bridgehead atoms. The van der Waals surface area contributed by atoms with Crippen LogP contribution in [0.3, 0.4) is 0 Å². The van der Waals surface area contributed by atoms with Crippen LogP contribution in [0.25, 0.3) is 10.9 Å². The molecular formula is C29H42N4O2. The molecule has 3 aliphatic rings. The van der Waals surface area contributed by atoms with Crippen molar-refractivity contribution in [2.45, 2.75) is 95.7 Å². The van der Waals surface area contributed by atoms with Crippen LogP contribution >= 0.6 is 0 Å². The molecule has 5 rings (SSSR count). The Kier molecular flexibility index (Phi) is 7.47. The maximum absolute atomic E-state index is 14.0. The quantitative estimate of drug-likeness (QED) is 0.661. The smallest absolute Gasteiger partial charge is 0.271 e. The number of para-hydroxylation sites is 1. The first-order valence-corrected chi connectivity index (χ1v) is 14.0. The second kappa shape index (κ2) is 10.7. The van der Waals surface area contributed by atoms with Crippen LogP contribution in [0.4, 0.5) is 0 Å². The standard InChI is InChI=1S/C29H42N4O2/c1-29(28(35)30-24-14-7-3-2-4-8-15-24)22-32-25-16-10-9-13-23(25)21-26(32)27(34)33(29)20-19-31-17-11-5-6-12-18-31/h9-10,13,16,21,24H,2-8,11-12,14-15,17-20,22H2,1H3,(H,30,35)/t29-/m1/s1. The van der Waals surface area contributed by atoms with Gasteiger partial charge in [0, 0.05) is 30.0 Å². The molecule has 1 saturated carbocycles. The summed E-state index contributed by atoms with van der Waals surface area (Å²) >= 11 is 0. The van der Waals surface area contributed by atoms with Gasteiger partial charge in [-0.2, -0.15) is 0 Å². The summed E-state index contributed by atoms with van der Waals surface area (Å²) in [6.45, 7) is 6.09.